The van der Waals surface area contributed by atoms with Crippen LogP contribution < -0.4 is 5.32 Å². The molecule has 1 aromatic carbocycles. The Bertz CT molecular complexity index is 471. The molecule has 0 saturated carbocycles. The molecular formula is C15H20F2N2O. The lowest BCUT2D eigenvalue weighted by Crippen LogP contribution is -2.30. The summed E-state index contributed by atoms with van der Waals surface area (Å²) in [5, 5.41) is 2.60. The molecule has 1 fully saturated rings. The van der Waals surface area contributed by atoms with Crippen molar-refractivity contribution in [2.24, 2.45) is 5.92 Å². The molecule has 1 N–H and O–H groups in total. The Morgan fingerprint density at radius 3 is 2.65 bits per heavy atom. The van der Waals surface area contributed by atoms with Gasteiger partial charge in [0.25, 0.3) is 0 Å². The Balaban J connectivity index is 1.76. The van der Waals surface area contributed by atoms with Gasteiger partial charge in [0.1, 0.15) is 0 Å². The maximum atomic E-state index is 13.0. The minimum atomic E-state index is -0.946. The lowest BCUT2D eigenvalue weighted by Gasteiger charge is -2.28. The summed E-state index contributed by atoms with van der Waals surface area (Å²) in [6.45, 7) is 2.16. The van der Waals surface area contributed by atoms with E-state index in [4.69, 9.17) is 0 Å². The number of carbonyl (C=O) groups excluding carboxylic acids is 1. The molecule has 0 atom stereocenters. The van der Waals surface area contributed by atoms with Gasteiger partial charge in [-0.3, -0.25) is 4.79 Å². The largest absolute Gasteiger partial charge is 0.326 e. The van der Waals surface area contributed by atoms with E-state index in [-0.39, 0.29) is 5.91 Å². The van der Waals surface area contributed by atoms with Crippen molar-refractivity contribution in [3.05, 3.63) is 29.8 Å². The molecule has 3 nitrogen and oxygen atoms in total. The molecule has 1 saturated heterocycles. The zero-order valence-electron chi connectivity index (χ0n) is 11.7. The molecule has 20 heavy (non-hydrogen) atoms. The minimum Gasteiger partial charge on any atom is -0.326 e. The monoisotopic (exact) mass is 282 g/mol. The Hall–Kier alpha value is -1.49. The molecule has 0 aliphatic carbocycles. The van der Waals surface area contributed by atoms with Gasteiger partial charge < -0.3 is 10.2 Å². The molecule has 1 aliphatic rings. The fourth-order valence-electron chi connectivity index (χ4n) is 2.48. The lowest BCUT2D eigenvalue weighted by molar-refractivity contribution is -0.116. The van der Waals surface area contributed by atoms with Crippen LogP contribution in [0.25, 0.3) is 0 Å². The number of hydrogen-bond donors (Lipinski definition) is 1. The van der Waals surface area contributed by atoms with E-state index in [1.807, 2.05) is 0 Å². The van der Waals surface area contributed by atoms with Crippen LogP contribution in [0.3, 0.4) is 0 Å². The molecule has 0 unspecified atom stereocenters. The quantitative estimate of drug-likeness (QED) is 0.920. The van der Waals surface area contributed by atoms with Crippen LogP contribution in [-0.2, 0) is 4.79 Å². The molecule has 5 heteroatoms. The second kappa shape index (κ2) is 6.79. The van der Waals surface area contributed by atoms with Gasteiger partial charge >= 0.3 is 0 Å². The van der Waals surface area contributed by atoms with E-state index in [0.717, 1.165) is 44.5 Å². The molecule has 0 spiro atoms. The second-order valence-electron chi connectivity index (χ2n) is 5.46. The van der Waals surface area contributed by atoms with E-state index in [0.29, 0.717) is 18.0 Å². The number of likely N-dealkylation sites (tertiary alicyclic amines) is 1. The summed E-state index contributed by atoms with van der Waals surface area (Å²) in [5.74, 6) is -1.41. The van der Waals surface area contributed by atoms with E-state index >= 15 is 0 Å². The van der Waals surface area contributed by atoms with Gasteiger partial charge in [0.2, 0.25) is 5.91 Å². The van der Waals surface area contributed by atoms with Gasteiger partial charge in [-0.2, -0.15) is 0 Å². The van der Waals surface area contributed by atoms with Crippen molar-refractivity contribution in [1.29, 1.82) is 0 Å². The standard InChI is InChI=1S/C15H20F2N2O/c1-19-8-6-11(7-9-19)2-5-15(20)18-12-3-4-13(16)14(17)10-12/h3-4,10-11H,2,5-9H2,1H3,(H,18,20). The van der Waals surface area contributed by atoms with Crippen LogP contribution in [-0.4, -0.2) is 30.9 Å². The van der Waals surface area contributed by atoms with Gasteiger partial charge in [0.15, 0.2) is 11.6 Å². The lowest BCUT2D eigenvalue weighted by atomic mass is 9.92. The zero-order chi connectivity index (χ0) is 14.5. The van der Waals surface area contributed by atoms with E-state index in [2.05, 4.69) is 17.3 Å². The summed E-state index contributed by atoms with van der Waals surface area (Å²) in [6, 6.07) is 3.39. The normalized spacial score (nSPS) is 17.1. The number of benzene rings is 1. The van der Waals surface area contributed by atoms with E-state index in [1.165, 1.54) is 6.07 Å². The fraction of sp³-hybridized carbons (Fsp3) is 0.533. The summed E-state index contributed by atoms with van der Waals surface area (Å²) >= 11 is 0. The van der Waals surface area contributed by atoms with Gasteiger partial charge in [-0.1, -0.05) is 0 Å². The molecule has 0 radical (unpaired) electrons. The van der Waals surface area contributed by atoms with E-state index < -0.39 is 11.6 Å². The molecule has 1 amide bonds. The Kier molecular flexibility index (Phi) is 5.06. The van der Waals surface area contributed by atoms with Crippen molar-refractivity contribution in [3.8, 4) is 0 Å². The first-order valence-electron chi connectivity index (χ1n) is 6.98. The van der Waals surface area contributed by atoms with Crippen LogP contribution in [0, 0.1) is 17.6 Å². The third kappa shape index (κ3) is 4.27. The maximum absolute atomic E-state index is 13.0. The van der Waals surface area contributed by atoms with Gasteiger partial charge in [-0.05, 0) is 57.5 Å². The third-order valence-corrected chi connectivity index (χ3v) is 3.82. The van der Waals surface area contributed by atoms with Crippen molar-refractivity contribution >= 4 is 11.6 Å². The molecule has 0 bridgehead atoms. The third-order valence-electron chi connectivity index (χ3n) is 3.82. The molecular weight excluding hydrogens is 262 g/mol. The van der Waals surface area contributed by atoms with E-state index in [9.17, 15) is 13.6 Å². The molecule has 1 aromatic rings. The van der Waals surface area contributed by atoms with Crippen LogP contribution in [0.15, 0.2) is 18.2 Å². The summed E-state index contributed by atoms with van der Waals surface area (Å²) in [6.07, 6.45) is 3.51. The predicted molar refractivity (Wildman–Crippen MR) is 74.4 cm³/mol. The van der Waals surface area contributed by atoms with Crippen molar-refractivity contribution in [1.82, 2.24) is 4.90 Å². The first-order chi connectivity index (χ1) is 9.54. The van der Waals surface area contributed by atoms with E-state index in [1.54, 1.807) is 0 Å². The number of nitrogens with one attached hydrogen (secondary N) is 1. The Morgan fingerprint density at radius 1 is 1.30 bits per heavy atom. The first kappa shape index (κ1) is 14.9. The highest BCUT2D eigenvalue weighted by molar-refractivity contribution is 5.90. The van der Waals surface area contributed by atoms with Crippen LogP contribution in [0.5, 0.6) is 0 Å². The number of amides is 1. The average Bonchev–Trinajstić information content (AvgIpc) is 2.42. The summed E-state index contributed by atoms with van der Waals surface area (Å²) in [5.41, 5.74) is 0.303. The van der Waals surface area contributed by atoms with Crippen molar-refractivity contribution < 1.29 is 13.6 Å². The number of halogens is 2. The first-order valence-corrected chi connectivity index (χ1v) is 6.98. The molecule has 0 aromatic heterocycles. The van der Waals surface area contributed by atoms with Crippen LogP contribution in [0.2, 0.25) is 0 Å². The predicted octanol–water partition coefficient (Wildman–Crippen LogP) is 3.03. The summed E-state index contributed by atoms with van der Waals surface area (Å²) in [4.78, 5) is 14.1. The zero-order valence-corrected chi connectivity index (χ0v) is 11.7. The highest BCUT2D eigenvalue weighted by Gasteiger charge is 2.17. The van der Waals surface area contributed by atoms with Crippen molar-refractivity contribution in [3.63, 3.8) is 0 Å². The van der Waals surface area contributed by atoms with Crippen LogP contribution >= 0.6 is 0 Å². The number of rotatable bonds is 4. The SMILES string of the molecule is CN1CCC(CCC(=O)Nc2ccc(F)c(F)c2)CC1. The van der Waals surface area contributed by atoms with Crippen LogP contribution in [0.4, 0.5) is 14.5 Å². The minimum absolute atomic E-state index is 0.144. The fourth-order valence-corrected chi connectivity index (χ4v) is 2.48. The van der Waals surface area contributed by atoms with Gasteiger partial charge in [-0.25, -0.2) is 8.78 Å². The molecule has 1 aliphatic heterocycles. The smallest absolute Gasteiger partial charge is 0.224 e. The van der Waals surface area contributed by atoms with Crippen LogP contribution in [0.1, 0.15) is 25.7 Å². The average molecular weight is 282 g/mol. The van der Waals surface area contributed by atoms with Gasteiger partial charge in [-0.15, -0.1) is 0 Å². The van der Waals surface area contributed by atoms with Crippen molar-refractivity contribution in [2.45, 2.75) is 25.7 Å². The number of carbonyl (C=O) groups is 1. The topological polar surface area (TPSA) is 32.3 Å². The molecule has 110 valence electrons. The summed E-state index contributed by atoms with van der Waals surface area (Å²) in [7, 11) is 2.10. The molecule has 2 rings (SSSR count). The number of piperidine rings is 1. The number of nitrogens with zero attached hydrogens (tertiary/aromatic N) is 1. The van der Waals surface area contributed by atoms with Gasteiger partial charge in [0.05, 0.1) is 0 Å². The summed E-state index contributed by atoms with van der Waals surface area (Å²) < 4.78 is 25.8. The maximum Gasteiger partial charge on any atom is 0.224 e. The highest BCUT2D eigenvalue weighted by atomic mass is 19.2. The Morgan fingerprint density at radius 2 is 2.00 bits per heavy atom. The van der Waals surface area contributed by atoms with Gasteiger partial charge in [0, 0.05) is 18.2 Å². The number of hydrogen-bond acceptors (Lipinski definition) is 2. The highest BCUT2D eigenvalue weighted by Crippen LogP contribution is 2.21. The second-order valence-corrected chi connectivity index (χ2v) is 5.46. The van der Waals surface area contributed by atoms with Crippen molar-refractivity contribution in [2.75, 3.05) is 25.5 Å². The number of anilines is 1. The molecule has 1 heterocycles. The Labute approximate surface area is 118 Å².